The van der Waals surface area contributed by atoms with Gasteiger partial charge in [-0.1, -0.05) is 12.1 Å². The number of amides is 2. The maximum Gasteiger partial charge on any atom is 0.274 e. The highest BCUT2D eigenvalue weighted by molar-refractivity contribution is 6.04. The fourth-order valence-electron chi connectivity index (χ4n) is 2.27. The molecule has 0 saturated carbocycles. The minimum atomic E-state index is -0.910. The van der Waals surface area contributed by atoms with Crippen molar-refractivity contribution in [3.63, 3.8) is 0 Å². The number of aromatic nitrogens is 2. The van der Waals surface area contributed by atoms with Crippen LogP contribution >= 0.6 is 0 Å². The predicted molar refractivity (Wildman–Crippen MR) is 94.0 cm³/mol. The van der Waals surface area contributed by atoms with E-state index in [0.717, 1.165) is 12.1 Å². The molecule has 0 unspecified atom stereocenters. The van der Waals surface area contributed by atoms with Crippen molar-refractivity contribution in [1.82, 2.24) is 15.3 Å². The summed E-state index contributed by atoms with van der Waals surface area (Å²) in [5.41, 5.74) is 0.130. The first-order chi connectivity index (χ1) is 13.0. The van der Waals surface area contributed by atoms with Crippen LogP contribution in [0.4, 0.5) is 14.5 Å². The molecule has 8 heteroatoms. The highest BCUT2D eigenvalue weighted by atomic mass is 19.1. The molecule has 0 spiro atoms. The molecule has 3 rings (SSSR count). The van der Waals surface area contributed by atoms with Gasteiger partial charge in [-0.2, -0.15) is 0 Å². The molecule has 6 nitrogen and oxygen atoms in total. The van der Waals surface area contributed by atoms with Gasteiger partial charge in [0.15, 0.2) is 0 Å². The Labute approximate surface area is 153 Å². The van der Waals surface area contributed by atoms with E-state index in [4.69, 9.17) is 0 Å². The summed E-state index contributed by atoms with van der Waals surface area (Å²) in [6.07, 6.45) is 2.88. The summed E-state index contributed by atoms with van der Waals surface area (Å²) in [6.45, 7) is 0.212. The molecular formula is C19H14F2N4O2. The molecule has 0 bridgehead atoms. The number of benzene rings is 1. The highest BCUT2D eigenvalue weighted by Crippen LogP contribution is 2.18. The van der Waals surface area contributed by atoms with Crippen molar-refractivity contribution >= 4 is 17.5 Å². The van der Waals surface area contributed by atoms with Crippen LogP contribution in [0, 0.1) is 11.6 Å². The smallest absolute Gasteiger partial charge is 0.274 e. The molecule has 1 aromatic carbocycles. The molecule has 136 valence electrons. The quantitative estimate of drug-likeness (QED) is 0.725. The number of rotatable bonds is 5. The zero-order chi connectivity index (χ0) is 19.2. The molecule has 0 radical (unpaired) electrons. The van der Waals surface area contributed by atoms with Crippen molar-refractivity contribution in [3.8, 4) is 0 Å². The number of anilines is 1. The second-order valence-corrected chi connectivity index (χ2v) is 5.48. The van der Waals surface area contributed by atoms with Gasteiger partial charge in [0.05, 0.1) is 12.2 Å². The monoisotopic (exact) mass is 368 g/mol. The summed E-state index contributed by atoms with van der Waals surface area (Å²) in [5.74, 6) is -3.09. The van der Waals surface area contributed by atoms with Crippen LogP contribution in [-0.4, -0.2) is 21.8 Å². The van der Waals surface area contributed by atoms with Gasteiger partial charge in [0, 0.05) is 18.0 Å². The van der Waals surface area contributed by atoms with Gasteiger partial charge in [0.1, 0.15) is 23.0 Å². The lowest BCUT2D eigenvalue weighted by atomic mass is 10.2. The first-order valence-electron chi connectivity index (χ1n) is 7.94. The SMILES string of the molecule is O=C(NCc1ccccn1)c1ccnc(C(=O)Nc2c(F)cccc2F)c1. The number of halogens is 2. The fraction of sp³-hybridized carbons (Fsp3) is 0.0526. The Morgan fingerprint density at radius 3 is 2.37 bits per heavy atom. The predicted octanol–water partition coefficient (Wildman–Crippen LogP) is 2.94. The second-order valence-electron chi connectivity index (χ2n) is 5.48. The van der Waals surface area contributed by atoms with Crippen LogP contribution in [0.2, 0.25) is 0 Å². The van der Waals surface area contributed by atoms with Gasteiger partial charge >= 0.3 is 0 Å². The van der Waals surface area contributed by atoms with Crippen molar-refractivity contribution < 1.29 is 18.4 Å². The van der Waals surface area contributed by atoms with Gasteiger partial charge < -0.3 is 10.6 Å². The third-order valence-corrected chi connectivity index (χ3v) is 3.61. The van der Waals surface area contributed by atoms with Crippen molar-refractivity contribution in [2.75, 3.05) is 5.32 Å². The Morgan fingerprint density at radius 1 is 0.889 bits per heavy atom. The molecular weight excluding hydrogens is 354 g/mol. The Kier molecular flexibility index (Phi) is 5.46. The molecule has 2 aromatic heterocycles. The van der Waals surface area contributed by atoms with Crippen LogP contribution in [0.3, 0.4) is 0 Å². The van der Waals surface area contributed by atoms with E-state index in [-0.39, 0.29) is 17.8 Å². The number of hydrogen-bond acceptors (Lipinski definition) is 4. The lowest BCUT2D eigenvalue weighted by Gasteiger charge is -2.08. The average molecular weight is 368 g/mol. The Hall–Kier alpha value is -3.68. The first-order valence-corrected chi connectivity index (χ1v) is 7.94. The van der Waals surface area contributed by atoms with Crippen molar-refractivity contribution in [2.45, 2.75) is 6.54 Å². The van der Waals surface area contributed by atoms with Crippen molar-refractivity contribution in [3.05, 3.63) is 89.5 Å². The zero-order valence-corrected chi connectivity index (χ0v) is 13.9. The molecule has 0 fully saturated rings. The van der Waals surface area contributed by atoms with E-state index < -0.39 is 29.1 Å². The number of carbonyl (C=O) groups is 2. The Balaban J connectivity index is 1.71. The second kappa shape index (κ2) is 8.13. The van der Waals surface area contributed by atoms with E-state index >= 15 is 0 Å². The van der Waals surface area contributed by atoms with Gasteiger partial charge in [0.25, 0.3) is 11.8 Å². The maximum absolute atomic E-state index is 13.7. The van der Waals surface area contributed by atoms with Crippen LogP contribution in [0.5, 0.6) is 0 Å². The molecule has 2 N–H and O–H groups in total. The van der Waals surface area contributed by atoms with E-state index in [0.29, 0.717) is 5.69 Å². The summed E-state index contributed by atoms with van der Waals surface area (Å²) in [6, 6.07) is 11.2. The molecule has 3 aromatic rings. The molecule has 0 saturated heterocycles. The van der Waals surface area contributed by atoms with Crippen LogP contribution < -0.4 is 10.6 Å². The van der Waals surface area contributed by atoms with Gasteiger partial charge in [-0.05, 0) is 36.4 Å². The third-order valence-electron chi connectivity index (χ3n) is 3.61. The standard InChI is InChI=1S/C19H14F2N4O2/c20-14-5-3-6-15(21)17(14)25-19(27)16-10-12(7-9-23-16)18(26)24-11-13-4-1-2-8-22-13/h1-10H,11H2,(H,24,26)(H,25,27). The largest absolute Gasteiger partial charge is 0.346 e. The zero-order valence-electron chi connectivity index (χ0n) is 13.9. The number of carbonyl (C=O) groups excluding carboxylic acids is 2. The van der Waals surface area contributed by atoms with Crippen LogP contribution in [0.25, 0.3) is 0 Å². The minimum absolute atomic E-state index is 0.150. The van der Waals surface area contributed by atoms with E-state index in [2.05, 4.69) is 20.6 Å². The lowest BCUT2D eigenvalue weighted by molar-refractivity contribution is 0.0950. The van der Waals surface area contributed by atoms with Crippen LogP contribution in [-0.2, 0) is 6.54 Å². The average Bonchev–Trinajstić information content (AvgIpc) is 2.70. The van der Waals surface area contributed by atoms with Gasteiger partial charge in [-0.25, -0.2) is 8.78 Å². The number of pyridine rings is 2. The van der Waals surface area contributed by atoms with Gasteiger partial charge in [-0.3, -0.25) is 19.6 Å². The molecule has 0 aliphatic carbocycles. The number of para-hydroxylation sites is 1. The van der Waals surface area contributed by atoms with E-state index in [9.17, 15) is 18.4 Å². The summed E-state index contributed by atoms with van der Waals surface area (Å²) in [4.78, 5) is 32.4. The molecule has 2 heterocycles. The summed E-state index contributed by atoms with van der Waals surface area (Å²) in [5, 5.41) is 4.79. The number of nitrogens with zero attached hydrogens (tertiary/aromatic N) is 2. The summed E-state index contributed by atoms with van der Waals surface area (Å²) in [7, 11) is 0. The Morgan fingerprint density at radius 2 is 1.67 bits per heavy atom. The Bertz CT molecular complexity index is 960. The molecule has 2 amide bonds. The first kappa shape index (κ1) is 18.1. The lowest BCUT2D eigenvalue weighted by Crippen LogP contribution is -2.24. The number of hydrogen-bond donors (Lipinski definition) is 2. The molecule has 0 atom stereocenters. The van der Waals surface area contributed by atoms with E-state index in [1.807, 2.05) is 0 Å². The summed E-state index contributed by atoms with van der Waals surface area (Å²) < 4.78 is 27.3. The molecule has 0 aliphatic heterocycles. The van der Waals surface area contributed by atoms with Crippen LogP contribution in [0.1, 0.15) is 26.5 Å². The van der Waals surface area contributed by atoms with Gasteiger partial charge in [0.2, 0.25) is 0 Å². The fourth-order valence-corrected chi connectivity index (χ4v) is 2.27. The van der Waals surface area contributed by atoms with E-state index in [1.165, 1.54) is 24.4 Å². The molecule has 27 heavy (non-hydrogen) atoms. The third kappa shape index (κ3) is 4.49. The van der Waals surface area contributed by atoms with Crippen molar-refractivity contribution in [1.29, 1.82) is 0 Å². The van der Waals surface area contributed by atoms with E-state index in [1.54, 1.807) is 24.4 Å². The van der Waals surface area contributed by atoms with Gasteiger partial charge in [-0.15, -0.1) is 0 Å². The van der Waals surface area contributed by atoms with Crippen molar-refractivity contribution in [2.24, 2.45) is 0 Å². The highest BCUT2D eigenvalue weighted by Gasteiger charge is 2.16. The topological polar surface area (TPSA) is 84.0 Å². The molecule has 0 aliphatic rings. The summed E-state index contributed by atoms with van der Waals surface area (Å²) >= 11 is 0. The minimum Gasteiger partial charge on any atom is -0.346 e. The van der Waals surface area contributed by atoms with Crippen LogP contribution in [0.15, 0.2) is 60.9 Å². The normalized spacial score (nSPS) is 10.3. The maximum atomic E-state index is 13.7. The number of nitrogens with one attached hydrogen (secondary N) is 2.